The highest BCUT2D eigenvalue weighted by Crippen LogP contribution is 2.53. The van der Waals surface area contributed by atoms with Crippen LogP contribution < -0.4 is 41.3 Å². The van der Waals surface area contributed by atoms with E-state index in [0.29, 0.717) is 61.1 Å². The summed E-state index contributed by atoms with van der Waals surface area (Å²) in [5.74, 6) is 0.944. The first kappa shape index (κ1) is 39.0. The highest BCUT2D eigenvalue weighted by Gasteiger charge is 2.40. The van der Waals surface area contributed by atoms with Crippen LogP contribution >= 0.6 is 14.3 Å². The molecule has 0 bridgehead atoms. The van der Waals surface area contributed by atoms with Crippen molar-refractivity contribution in [3.63, 3.8) is 0 Å². The van der Waals surface area contributed by atoms with E-state index >= 15 is 9.13 Å². The first-order valence-electron chi connectivity index (χ1n) is 17.4. The molecule has 0 unspecified atom stereocenters. The van der Waals surface area contributed by atoms with Crippen LogP contribution in [0.3, 0.4) is 0 Å². The first-order valence-corrected chi connectivity index (χ1v) is 20.8. The summed E-state index contributed by atoms with van der Waals surface area (Å²) in [6.07, 6.45) is -0.623. The summed E-state index contributed by atoms with van der Waals surface area (Å²) in [5, 5.41) is 4.02. The molecule has 7 rings (SSSR count). The third-order valence-electron chi connectivity index (χ3n) is 9.05. The summed E-state index contributed by atoms with van der Waals surface area (Å²) in [4.78, 5) is 9.82. The standard InChI is InChI=1S/C40H34O4P2.C4H8O2.H2O/c1-29-30(2)44-36-26-16-28-38(46(42,33-21-11-5-12-22-33)34-23-13-6-14-24-34)40(36)39-35(43-29)25-15-27-37(39)45(41,31-17-7-3-8-18-31)32-19-9-4-10-20-32;1-3-6-4(2)5;/h3-30H,1-2H3;3H2,1-2H3;1H2/t29-,30-;;/m0../s1. The van der Waals surface area contributed by atoms with Crippen LogP contribution in [0.5, 0.6) is 11.5 Å². The maximum atomic E-state index is 16.0. The number of carbonyl (C=O) groups excluding carboxylic acids is 1. The van der Waals surface area contributed by atoms with Gasteiger partial charge in [0.05, 0.1) is 6.61 Å². The van der Waals surface area contributed by atoms with Gasteiger partial charge in [-0.1, -0.05) is 133 Å². The topological polar surface area (TPSA) is 110 Å². The van der Waals surface area contributed by atoms with Gasteiger partial charge in [0.25, 0.3) is 0 Å². The number of ether oxygens (including phenoxy) is 3. The molecular weight excluding hydrogens is 702 g/mol. The van der Waals surface area contributed by atoms with E-state index in [2.05, 4.69) is 4.74 Å². The smallest absolute Gasteiger partial charge is 0.302 e. The third-order valence-corrected chi connectivity index (χ3v) is 15.3. The summed E-state index contributed by atoms with van der Waals surface area (Å²) >= 11 is 0. The van der Waals surface area contributed by atoms with Crippen molar-refractivity contribution in [1.82, 2.24) is 0 Å². The highest BCUT2D eigenvalue weighted by atomic mass is 31.2. The van der Waals surface area contributed by atoms with Crippen molar-refractivity contribution in [1.29, 1.82) is 0 Å². The van der Waals surface area contributed by atoms with Gasteiger partial charge in [-0.05, 0) is 45.0 Å². The number of benzene rings is 6. The van der Waals surface area contributed by atoms with E-state index in [1.807, 2.05) is 172 Å². The SMILES string of the molecule is CCOC(C)=O.C[C@@H]1Oc2cccc(P(=O)(c3ccccc3)c3ccccc3)c2-c2c(cccc2P(=O)(c2ccccc2)c2ccccc2)O[C@H]1C.O. The van der Waals surface area contributed by atoms with Crippen molar-refractivity contribution in [3.8, 4) is 22.6 Å². The molecule has 9 heteroatoms. The van der Waals surface area contributed by atoms with Gasteiger partial charge in [-0.3, -0.25) is 4.79 Å². The molecule has 2 atom stereocenters. The predicted molar refractivity (Wildman–Crippen MR) is 217 cm³/mol. The molecule has 0 aliphatic carbocycles. The van der Waals surface area contributed by atoms with E-state index in [9.17, 15) is 4.79 Å². The minimum atomic E-state index is -3.50. The fourth-order valence-electron chi connectivity index (χ4n) is 6.46. The van der Waals surface area contributed by atoms with Gasteiger partial charge in [-0.25, -0.2) is 0 Å². The Morgan fingerprint density at radius 1 is 0.528 bits per heavy atom. The van der Waals surface area contributed by atoms with Crippen molar-refractivity contribution < 1.29 is 33.6 Å². The molecule has 0 saturated heterocycles. The molecule has 272 valence electrons. The van der Waals surface area contributed by atoms with E-state index < -0.39 is 14.3 Å². The van der Waals surface area contributed by atoms with E-state index in [-0.39, 0.29) is 23.7 Å². The van der Waals surface area contributed by atoms with Crippen LogP contribution in [0, 0.1) is 0 Å². The van der Waals surface area contributed by atoms with E-state index in [4.69, 9.17) is 9.47 Å². The van der Waals surface area contributed by atoms with Gasteiger partial charge in [0.15, 0.2) is 14.3 Å². The molecule has 0 amide bonds. The lowest BCUT2D eigenvalue weighted by Crippen LogP contribution is -2.36. The Bertz CT molecular complexity index is 1990. The Balaban J connectivity index is 0.000000716. The van der Waals surface area contributed by atoms with Crippen LogP contribution in [0.15, 0.2) is 158 Å². The molecule has 0 aromatic heterocycles. The Morgan fingerprint density at radius 3 is 1.08 bits per heavy atom. The second-order valence-electron chi connectivity index (χ2n) is 12.4. The number of carbonyl (C=O) groups is 1. The molecule has 6 aromatic carbocycles. The van der Waals surface area contributed by atoms with Gasteiger partial charge < -0.3 is 28.8 Å². The zero-order valence-electron chi connectivity index (χ0n) is 30.2. The summed E-state index contributed by atoms with van der Waals surface area (Å²) in [6.45, 7) is 7.60. The van der Waals surface area contributed by atoms with Gasteiger partial charge >= 0.3 is 5.97 Å². The van der Waals surface area contributed by atoms with Crippen molar-refractivity contribution in [2.24, 2.45) is 0 Å². The Hall–Kier alpha value is -5.19. The van der Waals surface area contributed by atoms with Crippen LogP contribution in [0.1, 0.15) is 27.7 Å². The second kappa shape index (κ2) is 17.1. The van der Waals surface area contributed by atoms with Gasteiger partial charge in [-0.2, -0.15) is 0 Å². The quantitative estimate of drug-likeness (QED) is 0.130. The van der Waals surface area contributed by atoms with Crippen molar-refractivity contribution >= 4 is 52.1 Å². The number of rotatable bonds is 7. The Kier molecular flexibility index (Phi) is 12.6. The largest absolute Gasteiger partial charge is 0.486 e. The molecule has 53 heavy (non-hydrogen) atoms. The zero-order chi connectivity index (χ0) is 36.7. The average Bonchev–Trinajstić information content (AvgIpc) is 3.18. The predicted octanol–water partition coefficient (Wildman–Crippen LogP) is 6.93. The maximum absolute atomic E-state index is 16.0. The highest BCUT2D eigenvalue weighted by molar-refractivity contribution is 7.86. The van der Waals surface area contributed by atoms with Crippen LogP contribution in [0.25, 0.3) is 11.1 Å². The second-order valence-corrected chi connectivity index (χ2v) is 17.9. The molecule has 1 aliphatic rings. The minimum absolute atomic E-state index is 0. The number of hydrogen-bond donors (Lipinski definition) is 0. The fourth-order valence-corrected chi connectivity index (χ4v) is 12.2. The number of esters is 1. The third kappa shape index (κ3) is 7.79. The lowest BCUT2D eigenvalue weighted by molar-refractivity contribution is -0.140. The van der Waals surface area contributed by atoms with E-state index in [1.165, 1.54) is 6.92 Å². The molecule has 0 spiro atoms. The molecule has 6 aromatic rings. The van der Waals surface area contributed by atoms with Crippen LogP contribution in [-0.2, 0) is 18.7 Å². The zero-order valence-corrected chi connectivity index (χ0v) is 32.0. The molecule has 0 saturated carbocycles. The Morgan fingerprint density at radius 2 is 0.830 bits per heavy atom. The van der Waals surface area contributed by atoms with Gasteiger partial charge in [0, 0.05) is 49.9 Å². The maximum Gasteiger partial charge on any atom is 0.302 e. The van der Waals surface area contributed by atoms with Gasteiger partial charge in [-0.15, -0.1) is 0 Å². The van der Waals surface area contributed by atoms with Crippen molar-refractivity contribution in [2.75, 3.05) is 6.61 Å². The van der Waals surface area contributed by atoms with Crippen LogP contribution in [0.2, 0.25) is 0 Å². The minimum Gasteiger partial charge on any atom is -0.486 e. The monoisotopic (exact) mass is 746 g/mol. The molecule has 0 radical (unpaired) electrons. The normalized spacial score (nSPS) is 14.9. The molecule has 1 heterocycles. The van der Waals surface area contributed by atoms with Gasteiger partial charge in [0.1, 0.15) is 23.7 Å². The lowest BCUT2D eigenvalue weighted by Gasteiger charge is -2.33. The number of hydrogen-bond acceptors (Lipinski definition) is 6. The molecule has 1 aliphatic heterocycles. The summed E-state index contributed by atoms with van der Waals surface area (Å²) in [5.41, 5.74) is 1.27. The Labute approximate surface area is 311 Å². The molecular formula is C44H44O7P2. The van der Waals surface area contributed by atoms with E-state index in [1.54, 1.807) is 6.92 Å². The van der Waals surface area contributed by atoms with Crippen LogP contribution in [-0.4, -0.2) is 30.3 Å². The summed E-state index contributed by atoms with van der Waals surface area (Å²) < 4.78 is 49.7. The summed E-state index contributed by atoms with van der Waals surface area (Å²) in [7, 11) is -7.00. The molecule has 0 fully saturated rings. The first-order chi connectivity index (χ1) is 25.2. The fraction of sp³-hybridized carbons (Fsp3) is 0.159. The van der Waals surface area contributed by atoms with Crippen molar-refractivity contribution in [2.45, 2.75) is 39.9 Å². The number of fused-ring (bicyclic) bond motifs is 3. The van der Waals surface area contributed by atoms with Crippen molar-refractivity contribution in [3.05, 3.63) is 158 Å². The molecule has 7 nitrogen and oxygen atoms in total. The lowest BCUT2D eigenvalue weighted by atomic mass is 10.0. The van der Waals surface area contributed by atoms with E-state index in [0.717, 1.165) is 0 Å². The average molecular weight is 747 g/mol. The summed E-state index contributed by atoms with van der Waals surface area (Å²) in [6, 6.07) is 49.9. The van der Waals surface area contributed by atoms with Gasteiger partial charge in [0.2, 0.25) is 0 Å². The molecule has 2 N–H and O–H groups in total. The van der Waals surface area contributed by atoms with Crippen LogP contribution in [0.4, 0.5) is 0 Å².